The SMILES string of the molecule is C/C=C/CCCCCC/C=C/OC(=O)c1ccc(OC)cc1. The number of rotatable bonds is 10. The van der Waals surface area contributed by atoms with Crippen LogP contribution in [0.2, 0.25) is 0 Å². The Labute approximate surface area is 133 Å². The number of benzene rings is 1. The summed E-state index contributed by atoms with van der Waals surface area (Å²) in [6.45, 7) is 2.05. The minimum atomic E-state index is -0.342. The van der Waals surface area contributed by atoms with Crippen molar-refractivity contribution in [1.29, 1.82) is 0 Å². The van der Waals surface area contributed by atoms with E-state index in [1.165, 1.54) is 31.9 Å². The summed E-state index contributed by atoms with van der Waals surface area (Å²) in [5.74, 6) is 0.381. The number of unbranched alkanes of at least 4 members (excludes halogenated alkanes) is 5. The first-order valence-electron chi connectivity index (χ1n) is 7.89. The van der Waals surface area contributed by atoms with Crippen LogP contribution in [0, 0.1) is 0 Å². The van der Waals surface area contributed by atoms with Crippen LogP contribution in [0.5, 0.6) is 5.75 Å². The molecule has 0 aromatic heterocycles. The molecule has 0 heterocycles. The molecular weight excluding hydrogens is 276 g/mol. The van der Waals surface area contributed by atoms with E-state index < -0.39 is 0 Å². The highest BCUT2D eigenvalue weighted by molar-refractivity contribution is 5.89. The Morgan fingerprint density at radius 3 is 2.23 bits per heavy atom. The van der Waals surface area contributed by atoms with Gasteiger partial charge < -0.3 is 9.47 Å². The van der Waals surface area contributed by atoms with Gasteiger partial charge in [0.05, 0.1) is 18.9 Å². The summed E-state index contributed by atoms with van der Waals surface area (Å²) in [6, 6.07) is 6.88. The average Bonchev–Trinajstić information content (AvgIpc) is 2.56. The van der Waals surface area contributed by atoms with E-state index >= 15 is 0 Å². The van der Waals surface area contributed by atoms with Crippen molar-refractivity contribution in [3.8, 4) is 5.75 Å². The Morgan fingerprint density at radius 1 is 1.00 bits per heavy atom. The molecule has 120 valence electrons. The highest BCUT2D eigenvalue weighted by Crippen LogP contribution is 2.12. The number of methoxy groups -OCH3 is 1. The summed E-state index contributed by atoms with van der Waals surface area (Å²) in [7, 11) is 1.59. The molecule has 0 atom stereocenters. The number of hydrogen-bond acceptors (Lipinski definition) is 3. The van der Waals surface area contributed by atoms with Crippen LogP contribution < -0.4 is 4.74 Å². The average molecular weight is 302 g/mol. The predicted octanol–water partition coefficient (Wildman–Crippen LogP) is 5.28. The van der Waals surface area contributed by atoms with Gasteiger partial charge in [-0.15, -0.1) is 0 Å². The molecule has 0 saturated carbocycles. The van der Waals surface area contributed by atoms with Gasteiger partial charge in [-0.2, -0.15) is 0 Å². The van der Waals surface area contributed by atoms with E-state index in [1.807, 2.05) is 6.08 Å². The van der Waals surface area contributed by atoms with Crippen LogP contribution in [0.4, 0.5) is 0 Å². The molecular formula is C19H26O3. The van der Waals surface area contributed by atoms with Crippen molar-refractivity contribution in [2.45, 2.75) is 45.4 Å². The van der Waals surface area contributed by atoms with Crippen LogP contribution in [0.15, 0.2) is 48.8 Å². The van der Waals surface area contributed by atoms with Crippen molar-refractivity contribution in [3.05, 3.63) is 54.3 Å². The normalized spacial score (nSPS) is 11.2. The van der Waals surface area contributed by atoms with Gasteiger partial charge in [0.15, 0.2) is 0 Å². The smallest absolute Gasteiger partial charge is 0.342 e. The molecule has 0 amide bonds. The van der Waals surface area contributed by atoms with Crippen LogP contribution in [-0.2, 0) is 4.74 Å². The Bertz CT molecular complexity index is 472. The molecule has 1 rings (SSSR count). The molecule has 1 aromatic carbocycles. The standard InChI is InChI=1S/C19H26O3/c1-3-4-5-6-7-8-9-10-11-16-22-19(20)17-12-14-18(21-2)15-13-17/h3-4,11-16H,5-10H2,1-2H3/b4-3+,16-11+. The van der Waals surface area contributed by atoms with Gasteiger partial charge in [0.25, 0.3) is 0 Å². The lowest BCUT2D eigenvalue weighted by Gasteiger charge is -2.01. The van der Waals surface area contributed by atoms with E-state index in [9.17, 15) is 4.79 Å². The quantitative estimate of drug-likeness (QED) is 0.255. The fourth-order valence-corrected chi connectivity index (χ4v) is 2.02. The van der Waals surface area contributed by atoms with E-state index in [1.54, 1.807) is 31.4 Å². The highest BCUT2D eigenvalue weighted by Gasteiger charge is 2.04. The molecule has 0 aliphatic carbocycles. The molecule has 0 aliphatic rings. The second-order valence-corrected chi connectivity index (χ2v) is 5.07. The molecule has 22 heavy (non-hydrogen) atoms. The third-order valence-corrected chi connectivity index (χ3v) is 3.32. The van der Waals surface area contributed by atoms with Crippen molar-refractivity contribution in [3.63, 3.8) is 0 Å². The Kier molecular flexibility index (Phi) is 9.51. The van der Waals surface area contributed by atoms with Crippen molar-refractivity contribution < 1.29 is 14.3 Å². The molecule has 0 radical (unpaired) electrons. The molecule has 3 heteroatoms. The Hall–Kier alpha value is -2.03. The van der Waals surface area contributed by atoms with Crippen molar-refractivity contribution in [1.82, 2.24) is 0 Å². The first kappa shape index (κ1) is 18.0. The lowest BCUT2D eigenvalue weighted by Crippen LogP contribution is -2.00. The second kappa shape index (κ2) is 11.6. The molecule has 1 aromatic rings. The van der Waals surface area contributed by atoms with E-state index in [-0.39, 0.29) is 5.97 Å². The zero-order chi connectivity index (χ0) is 16.0. The van der Waals surface area contributed by atoms with Gasteiger partial charge >= 0.3 is 5.97 Å². The molecule has 0 aliphatic heterocycles. The highest BCUT2D eigenvalue weighted by atomic mass is 16.5. The zero-order valence-electron chi connectivity index (χ0n) is 13.6. The fraction of sp³-hybridized carbons (Fsp3) is 0.421. The fourth-order valence-electron chi connectivity index (χ4n) is 2.02. The second-order valence-electron chi connectivity index (χ2n) is 5.07. The van der Waals surface area contributed by atoms with Gasteiger partial charge in [0.1, 0.15) is 5.75 Å². The van der Waals surface area contributed by atoms with Crippen LogP contribution in [0.25, 0.3) is 0 Å². The Balaban J connectivity index is 2.12. The van der Waals surface area contributed by atoms with Crippen molar-refractivity contribution in [2.24, 2.45) is 0 Å². The third kappa shape index (κ3) is 7.67. The number of carbonyl (C=O) groups excluding carboxylic acids is 1. The first-order chi connectivity index (χ1) is 10.8. The van der Waals surface area contributed by atoms with Gasteiger partial charge in [-0.1, -0.05) is 25.0 Å². The first-order valence-corrected chi connectivity index (χ1v) is 7.89. The monoisotopic (exact) mass is 302 g/mol. The summed E-state index contributed by atoms with van der Waals surface area (Å²) >= 11 is 0. The van der Waals surface area contributed by atoms with Crippen LogP contribution in [0.3, 0.4) is 0 Å². The van der Waals surface area contributed by atoms with Gasteiger partial charge in [0, 0.05) is 0 Å². The van der Waals surface area contributed by atoms with Crippen LogP contribution >= 0.6 is 0 Å². The third-order valence-electron chi connectivity index (χ3n) is 3.32. The summed E-state index contributed by atoms with van der Waals surface area (Å²) in [4.78, 5) is 11.8. The summed E-state index contributed by atoms with van der Waals surface area (Å²) in [5.41, 5.74) is 0.523. The molecule has 0 unspecified atom stereocenters. The number of allylic oxidation sites excluding steroid dienone is 3. The summed E-state index contributed by atoms with van der Waals surface area (Å²) in [5, 5.41) is 0. The lowest BCUT2D eigenvalue weighted by molar-refractivity contribution is 0.0662. The van der Waals surface area contributed by atoms with Crippen molar-refractivity contribution in [2.75, 3.05) is 7.11 Å². The predicted molar refractivity (Wildman–Crippen MR) is 90.1 cm³/mol. The maximum absolute atomic E-state index is 11.8. The van der Waals surface area contributed by atoms with Crippen LogP contribution in [0.1, 0.15) is 55.8 Å². The van der Waals surface area contributed by atoms with E-state index in [2.05, 4.69) is 19.1 Å². The zero-order valence-corrected chi connectivity index (χ0v) is 13.6. The van der Waals surface area contributed by atoms with Crippen molar-refractivity contribution >= 4 is 5.97 Å². The summed E-state index contributed by atoms with van der Waals surface area (Å²) in [6.07, 6.45) is 14.7. The molecule has 0 spiro atoms. The van der Waals surface area contributed by atoms with E-state index in [0.29, 0.717) is 5.56 Å². The van der Waals surface area contributed by atoms with E-state index in [4.69, 9.17) is 9.47 Å². The maximum Gasteiger partial charge on any atom is 0.342 e. The topological polar surface area (TPSA) is 35.5 Å². The maximum atomic E-state index is 11.8. The van der Waals surface area contributed by atoms with E-state index in [0.717, 1.165) is 18.6 Å². The van der Waals surface area contributed by atoms with Crippen LogP contribution in [-0.4, -0.2) is 13.1 Å². The Morgan fingerprint density at radius 2 is 1.64 bits per heavy atom. The molecule has 0 bridgehead atoms. The summed E-state index contributed by atoms with van der Waals surface area (Å²) < 4.78 is 10.1. The number of ether oxygens (including phenoxy) is 2. The molecule has 3 nitrogen and oxygen atoms in total. The number of carbonyl (C=O) groups is 1. The van der Waals surface area contributed by atoms with Gasteiger partial charge in [0.2, 0.25) is 0 Å². The molecule has 0 fully saturated rings. The van der Waals surface area contributed by atoms with Gasteiger partial charge in [-0.05, 0) is 62.9 Å². The lowest BCUT2D eigenvalue weighted by atomic mass is 10.1. The van der Waals surface area contributed by atoms with Gasteiger partial charge in [-0.25, -0.2) is 4.79 Å². The largest absolute Gasteiger partial charge is 0.497 e. The minimum Gasteiger partial charge on any atom is -0.497 e. The molecule has 0 saturated heterocycles. The molecule has 0 N–H and O–H groups in total. The number of hydrogen-bond donors (Lipinski definition) is 0. The number of esters is 1. The van der Waals surface area contributed by atoms with Gasteiger partial charge in [-0.3, -0.25) is 0 Å². The minimum absolute atomic E-state index is 0.342.